The first kappa shape index (κ1) is 15.2. The molecule has 0 aliphatic heterocycles. The van der Waals surface area contributed by atoms with E-state index in [1.54, 1.807) is 19.1 Å². The van der Waals surface area contributed by atoms with Crippen LogP contribution in [0.5, 0.6) is 0 Å². The van der Waals surface area contributed by atoms with Crippen molar-refractivity contribution in [1.29, 1.82) is 0 Å². The molecule has 0 amide bonds. The van der Waals surface area contributed by atoms with Crippen LogP contribution in [0.4, 0.5) is 5.69 Å². The lowest BCUT2D eigenvalue weighted by Crippen LogP contribution is -2.23. The number of aromatic nitrogens is 2. The molecule has 0 unspecified atom stereocenters. The van der Waals surface area contributed by atoms with Crippen molar-refractivity contribution in [3.8, 4) is 0 Å². The fraction of sp³-hybridized carbons (Fsp3) is 0.286. The smallest absolute Gasteiger partial charge is 0.274 e. The van der Waals surface area contributed by atoms with Crippen LogP contribution >= 0.6 is 11.8 Å². The van der Waals surface area contributed by atoms with E-state index in [0.717, 1.165) is 5.56 Å². The van der Waals surface area contributed by atoms with Gasteiger partial charge in [0.1, 0.15) is 0 Å². The van der Waals surface area contributed by atoms with Crippen molar-refractivity contribution in [1.82, 2.24) is 9.55 Å². The van der Waals surface area contributed by atoms with Gasteiger partial charge in [-0.2, -0.15) is 0 Å². The molecule has 0 aliphatic rings. The Hall–Kier alpha value is -2.15. The summed E-state index contributed by atoms with van der Waals surface area (Å²) in [7, 11) is 0. The lowest BCUT2D eigenvalue weighted by atomic mass is 10.1. The number of rotatable bonds is 4. The topological polar surface area (TPSA) is 78.0 Å². The Bertz CT molecular complexity index is 756. The maximum atomic E-state index is 12.1. The number of nitro benzene ring substituents is 1. The third-order valence-electron chi connectivity index (χ3n) is 3.04. The van der Waals surface area contributed by atoms with Gasteiger partial charge in [-0.15, -0.1) is 0 Å². The lowest BCUT2D eigenvalue weighted by molar-refractivity contribution is -0.385. The summed E-state index contributed by atoms with van der Waals surface area (Å²) in [6.07, 6.45) is 1.82. The molecule has 0 N–H and O–H groups in total. The third-order valence-corrected chi connectivity index (χ3v) is 3.72. The van der Waals surface area contributed by atoms with Gasteiger partial charge in [0.25, 0.3) is 11.2 Å². The molecule has 0 saturated heterocycles. The fourth-order valence-corrected chi connectivity index (χ4v) is 2.70. The summed E-state index contributed by atoms with van der Waals surface area (Å²) in [4.78, 5) is 27.1. The summed E-state index contributed by atoms with van der Waals surface area (Å²) in [5, 5.41) is 11.7. The van der Waals surface area contributed by atoms with Gasteiger partial charge >= 0.3 is 0 Å². The first-order valence-corrected chi connectivity index (χ1v) is 7.51. The Labute approximate surface area is 126 Å². The highest BCUT2D eigenvalue weighted by Crippen LogP contribution is 2.22. The first-order chi connectivity index (χ1) is 9.92. The van der Waals surface area contributed by atoms with Crippen molar-refractivity contribution in [2.45, 2.75) is 25.5 Å². The number of benzene rings is 1. The van der Waals surface area contributed by atoms with Gasteiger partial charge in [0, 0.05) is 23.4 Å². The number of nitro groups is 1. The Balaban J connectivity index is 2.55. The minimum atomic E-state index is -0.430. The number of hydrogen-bond acceptors (Lipinski definition) is 5. The molecule has 110 valence electrons. The van der Waals surface area contributed by atoms with E-state index in [1.165, 1.54) is 28.5 Å². The van der Waals surface area contributed by atoms with E-state index in [1.807, 2.05) is 13.2 Å². The average molecular weight is 305 g/mol. The highest BCUT2D eigenvalue weighted by molar-refractivity contribution is 7.98. The predicted molar refractivity (Wildman–Crippen MR) is 82.0 cm³/mol. The summed E-state index contributed by atoms with van der Waals surface area (Å²) in [6.45, 7) is 3.75. The number of hydrogen-bond donors (Lipinski definition) is 0. The second-order valence-electron chi connectivity index (χ2n) is 4.70. The largest absolute Gasteiger partial charge is 0.283 e. The molecular weight excluding hydrogens is 290 g/mol. The Morgan fingerprint density at radius 2 is 2.05 bits per heavy atom. The minimum absolute atomic E-state index is 0.0140. The molecule has 1 aromatic carbocycles. The molecule has 0 fully saturated rings. The van der Waals surface area contributed by atoms with E-state index in [2.05, 4.69) is 4.98 Å². The van der Waals surface area contributed by atoms with E-state index >= 15 is 0 Å². The Morgan fingerprint density at radius 1 is 1.33 bits per heavy atom. The summed E-state index contributed by atoms with van der Waals surface area (Å²) < 4.78 is 1.46. The molecule has 0 radical (unpaired) electrons. The zero-order valence-electron chi connectivity index (χ0n) is 12.0. The number of aryl methyl sites for hydroxylation is 2. The maximum absolute atomic E-state index is 12.1. The van der Waals surface area contributed by atoms with Gasteiger partial charge in [-0.25, -0.2) is 4.98 Å². The van der Waals surface area contributed by atoms with Crippen molar-refractivity contribution < 1.29 is 4.92 Å². The Kier molecular flexibility index (Phi) is 4.42. The number of thioether (sulfide) groups is 1. The zero-order chi connectivity index (χ0) is 15.6. The monoisotopic (exact) mass is 305 g/mol. The maximum Gasteiger partial charge on any atom is 0.274 e. The van der Waals surface area contributed by atoms with Gasteiger partial charge in [-0.05, 0) is 26.2 Å². The normalized spacial score (nSPS) is 10.6. The molecule has 0 bridgehead atoms. The molecular formula is C14H15N3O3S. The van der Waals surface area contributed by atoms with Gasteiger partial charge in [-0.3, -0.25) is 19.5 Å². The predicted octanol–water partition coefficient (Wildman–Crippen LogP) is 2.54. The van der Waals surface area contributed by atoms with Crippen LogP contribution in [0.15, 0.2) is 34.2 Å². The van der Waals surface area contributed by atoms with Crippen molar-refractivity contribution in [2.24, 2.45) is 0 Å². The van der Waals surface area contributed by atoms with Gasteiger partial charge < -0.3 is 0 Å². The summed E-state index contributed by atoms with van der Waals surface area (Å²) in [6, 6.07) is 6.32. The average Bonchev–Trinajstić information content (AvgIpc) is 2.41. The molecule has 21 heavy (non-hydrogen) atoms. The molecule has 7 heteroatoms. The van der Waals surface area contributed by atoms with Gasteiger partial charge in [0.2, 0.25) is 0 Å². The second kappa shape index (κ2) is 6.09. The van der Waals surface area contributed by atoms with Crippen LogP contribution in [0.3, 0.4) is 0 Å². The van der Waals surface area contributed by atoms with Crippen molar-refractivity contribution in [3.63, 3.8) is 0 Å². The van der Waals surface area contributed by atoms with Gasteiger partial charge in [0.15, 0.2) is 5.16 Å². The van der Waals surface area contributed by atoms with Crippen molar-refractivity contribution >= 4 is 17.4 Å². The van der Waals surface area contributed by atoms with E-state index in [4.69, 9.17) is 0 Å². The second-order valence-corrected chi connectivity index (χ2v) is 5.47. The van der Waals surface area contributed by atoms with Gasteiger partial charge in [0.05, 0.1) is 11.5 Å². The van der Waals surface area contributed by atoms with Crippen LogP contribution < -0.4 is 5.56 Å². The van der Waals surface area contributed by atoms with E-state index in [0.29, 0.717) is 16.4 Å². The lowest BCUT2D eigenvalue weighted by Gasteiger charge is -2.11. The minimum Gasteiger partial charge on any atom is -0.283 e. The van der Waals surface area contributed by atoms with E-state index in [-0.39, 0.29) is 17.8 Å². The standard InChI is InChI=1S/C14H15N3O3S/c1-9-4-5-12(17(19)20)11(6-9)8-16-13(18)7-10(2)15-14(16)21-3/h4-7H,8H2,1-3H3. The molecule has 1 aromatic heterocycles. The van der Waals surface area contributed by atoms with E-state index < -0.39 is 4.92 Å². The van der Waals surface area contributed by atoms with Crippen LogP contribution in [0.2, 0.25) is 0 Å². The van der Waals surface area contributed by atoms with E-state index in [9.17, 15) is 14.9 Å². The molecule has 2 aromatic rings. The molecule has 0 spiro atoms. The summed E-state index contributed by atoms with van der Waals surface area (Å²) in [5.74, 6) is 0. The number of nitrogens with zero attached hydrogens (tertiary/aromatic N) is 3. The van der Waals surface area contributed by atoms with Crippen molar-refractivity contribution in [2.75, 3.05) is 6.26 Å². The van der Waals surface area contributed by atoms with Crippen LogP contribution in [-0.2, 0) is 6.54 Å². The van der Waals surface area contributed by atoms with Crippen LogP contribution in [0, 0.1) is 24.0 Å². The molecule has 2 rings (SSSR count). The molecule has 0 atom stereocenters. The van der Waals surface area contributed by atoms with Crippen molar-refractivity contribution in [3.05, 3.63) is 61.6 Å². The molecule has 0 saturated carbocycles. The van der Waals surface area contributed by atoms with Gasteiger partial charge in [-0.1, -0.05) is 23.4 Å². The Morgan fingerprint density at radius 3 is 2.67 bits per heavy atom. The summed E-state index contributed by atoms with van der Waals surface area (Å²) in [5.41, 5.74) is 1.86. The van der Waals surface area contributed by atoms with Crippen LogP contribution in [-0.4, -0.2) is 20.7 Å². The SMILES string of the molecule is CSc1nc(C)cc(=O)n1Cc1cc(C)ccc1[N+](=O)[O-]. The zero-order valence-corrected chi connectivity index (χ0v) is 12.8. The molecule has 0 aliphatic carbocycles. The highest BCUT2D eigenvalue weighted by atomic mass is 32.2. The first-order valence-electron chi connectivity index (χ1n) is 6.28. The van der Waals surface area contributed by atoms with Crippen LogP contribution in [0.1, 0.15) is 16.8 Å². The molecule has 6 nitrogen and oxygen atoms in total. The fourth-order valence-electron chi connectivity index (χ4n) is 2.09. The third kappa shape index (κ3) is 3.30. The molecule has 1 heterocycles. The quantitative estimate of drug-likeness (QED) is 0.375. The van der Waals surface area contributed by atoms with Crippen LogP contribution in [0.25, 0.3) is 0 Å². The highest BCUT2D eigenvalue weighted by Gasteiger charge is 2.16. The summed E-state index contributed by atoms with van der Waals surface area (Å²) >= 11 is 1.34.